The molecule has 1 aliphatic rings. The van der Waals surface area contributed by atoms with Crippen molar-refractivity contribution in [2.75, 3.05) is 13.6 Å². The molecule has 0 aromatic heterocycles. The standard InChI is InChI=1S/C17H27N3/c1-14(15-8-4-3-5-9-15)12-13-19-17(18-2)20-16-10-6-7-11-16/h3-5,8-9,14,16H,6-7,10-13H2,1-2H3,(H2,18,19,20). The highest BCUT2D eigenvalue weighted by atomic mass is 15.2. The zero-order chi connectivity index (χ0) is 14.2. The fraction of sp³-hybridized carbons (Fsp3) is 0.588. The van der Waals surface area contributed by atoms with Gasteiger partial charge in [0.2, 0.25) is 0 Å². The molecule has 0 amide bonds. The number of hydrogen-bond donors (Lipinski definition) is 2. The summed E-state index contributed by atoms with van der Waals surface area (Å²) in [5.41, 5.74) is 1.41. The number of nitrogens with zero attached hydrogens (tertiary/aromatic N) is 1. The lowest BCUT2D eigenvalue weighted by molar-refractivity contribution is 0.600. The van der Waals surface area contributed by atoms with E-state index in [0.717, 1.165) is 18.9 Å². The Balaban J connectivity index is 1.71. The molecule has 110 valence electrons. The number of hydrogen-bond acceptors (Lipinski definition) is 1. The fourth-order valence-corrected chi connectivity index (χ4v) is 2.81. The van der Waals surface area contributed by atoms with Crippen molar-refractivity contribution in [1.82, 2.24) is 10.6 Å². The van der Waals surface area contributed by atoms with Crippen LogP contribution in [-0.2, 0) is 0 Å². The lowest BCUT2D eigenvalue weighted by Crippen LogP contribution is -2.42. The number of benzene rings is 1. The van der Waals surface area contributed by atoms with Gasteiger partial charge in [0.25, 0.3) is 0 Å². The molecule has 0 bridgehead atoms. The van der Waals surface area contributed by atoms with Crippen molar-refractivity contribution >= 4 is 5.96 Å². The minimum absolute atomic E-state index is 0.577. The van der Waals surface area contributed by atoms with E-state index in [1.807, 2.05) is 7.05 Å². The molecule has 1 fully saturated rings. The predicted octanol–water partition coefficient (Wildman–Crippen LogP) is 3.29. The van der Waals surface area contributed by atoms with Gasteiger partial charge in [0, 0.05) is 19.6 Å². The van der Waals surface area contributed by atoms with Gasteiger partial charge in [-0.3, -0.25) is 4.99 Å². The van der Waals surface area contributed by atoms with E-state index in [0.29, 0.717) is 12.0 Å². The summed E-state index contributed by atoms with van der Waals surface area (Å²) in [5, 5.41) is 6.95. The van der Waals surface area contributed by atoms with E-state index in [4.69, 9.17) is 0 Å². The Labute approximate surface area is 122 Å². The fourth-order valence-electron chi connectivity index (χ4n) is 2.81. The van der Waals surface area contributed by atoms with Gasteiger partial charge < -0.3 is 10.6 Å². The van der Waals surface area contributed by atoms with Crippen LogP contribution in [-0.4, -0.2) is 25.6 Å². The first-order valence-corrected chi connectivity index (χ1v) is 7.81. The lowest BCUT2D eigenvalue weighted by atomic mass is 9.98. The van der Waals surface area contributed by atoms with E-state index in [1.165, 1.54) is 31.2 Å². The lowest BCUT2D eigenvalue weighted by Gasteiger charge is -2.18. The molecule has 0 saturated heterocycles. The van der Waals surface area contributed by atoms with Crippen LogP contribution in [0.3, 0.4) is 0 Å². The van der Waals surface area contributed by atoms with Gasteiger partial charge in [-0.05, 0) is 30.7 Å². The van der Waals surface area contributed by atoms with Crippen LogP contribution in [0.4, 0.5) is 0 Å². The Bertz CT molecular complexity index is 408. The van der Waals surface area contributed by atoms with Gasteiger partial charge in [-0.2, -0.15) is 0 Å². The highest BCUT2D eigenvalue weighted by molar-refractivity contribution is 5.79. The van der Waals surface area contributed by atoms with Crippen LogP contribution in [0.5, 0.6) is 0 Å². The molecule has 20 heavy (non-hydrogen) atoms. The van der Waals surface area contributed by atoms with E-state index in [1.54, 1.807) is 0 Å². The van der Waals surface area contributed by atoms with Gasteiger partial charge in [-0.15, -0.1) is 0 Å². The summed E-state index contributed by atoms with van der Waals surface area (Å²) in [6.45, 7) is 3.24. The normalized spacial score (nSPS) is 18.0. The van der Waals surface area contributed by atoms with Crippen molar-refractivity contribution < 1.29 is 0 Å². The number of rotatable bonds is 5. The minimum atomic E-state index is 0.577. The smallest absolute Gasteiger partial charge is 0.191 e. The van der Waals surface area contributed by atoms with Crippen LogP contribution in [0, 0.1) is 0 Å². The molecule has 1 aromatic carbocycles. The van der Waals surface area contributed by atoms with Crippen LogP contribution < -0.4 is 10.6 Å². The molecule has 0 heterocycles. The van der Waals surface area contributed by atoms with Crippen LogP contribution in [0.2, 0.25) is 0 Å². The largest absolute Gasteiger partial charge is 0.356 e. The molecule has 2 N–H and O–H groups in total. The average Bonchev–Trinajstić information content (AvgIpc) is 3.00. The Hall–Kier alpha value is -1.51. The summed E-state index contributed by atoms with van der Waals surface area (Å²) >= 11 is 0. The van der Waals surface area contributed by atoms with Gasteiger partial charge in [-0.1, -0.05) is 50.1 Å². The Morgan fingerprint density at radius 2 is 1.95 bits per heavy atom. The average molecular weight is 273 g/mol. The van der Waals surface area contributed by atoms with Crippen LogP contribution >= 0.6 is 0 Å². The first-order valence-electron chi connectivity index (χ1n) is 7.81. The summed E-state index contributed by atoms with van der Waals surface area (Å²) in [4.78, 5) is 4.32. The molecule has 1 aromatic rings. The second-order valence-electron chi connectivity index (χ2n) is 5.73. The number of guanidine groups is 1. The van der Waals surface area contributed by atoms with Crippen molar-refractivity contribution in [1.29, 1.82) is 0 Å². The molecule has 0 aliphatic heterocycles. The van der Waals surface area contributed by atoms with Crippen molar-refractivity contribution in [2.24, 2.45) is 4.99 Å². The van der Waals surface area contributed by atoms with Crippen molar-refractivity contribution in [3.05, 3.63) is 35.9 Å². The first-order chi connectivity index (χ1) is 9.79. The molecule has 2 rings (SSSR count). The predicted molar refractivity (Wildman–Crippen MR) is 86.2 cm³/mol. The molecule has 3 heteroatoms. The third kappa shape index (κ3) is 4.55. The summed E-state index contributed by atoms with van der Waals surface area (Å²) in [6.07, 6.45) is 6.37. The van der Waals surface area contributed by atoms with Gasteiger partial charge in [0.1, 0.15) is 0 Å². The van der Waals surface area contributed by atoms with Crippen molar-refractivity contribution in [2.45, 2.75) is 51.0 Å². The van der Waals surface area contributed by atoms with E-state index in [2.05, 4.69) is 52.9 Å². The second-order valence-corrected chi connectivity index (χ2v) is 5.73. The first kappa shape index (κ1) is 14.9. The minimum Gasteiger partial charge on any atom is -0.356 e. The monoisotopic (exact) mass is 273 g/mol. The molecule has 0 spiro atoms. The quantitative estimate of drug-likeness (QED) is 0.638. The number of aliphatic imine (C=N–C) groups is 1. The zero-order valence-electron chi connectivity index (χ0n) is 12.7. The van der Waals surface area contributed by atoms with E-state index < -0.39 is 0 Å². The third-order valence-electron chi connectivity index (χ3n) is 4.16. The molecular formula is C17H27N3. The summed E-state index contributed by atoms with van der Waals surface area (Å²) in [5.74, 6) is 1.53. The van der Waals surface area contributed by atoms with Gasteiger partial charge >= 0.3 is 0 Å². The van der Waals surface area contributed by atoms with Gasteiger partial charge in [-0.25, -0.2) is 0 Å². The van der Waals surface area contributed by atoms with E-state index >= 15 is 0 Å². The summed E-state index contributed by atoms with van der Waals surface area (Å²) in [6, 6.07) is 11.3. The highest BCUT2D eigenvalue weighted by Crippen LogP contribution is 2.18. The van der Waals surface area contributed by atoms with E-state index in [9.17, 15) is 0 Å². The maximum absolute atomic E-state index is 4.32. The Morgan fingerprint density at radius 1 is 1.25 bits per heavy atom. The van der Waals surface area contributed by atoms with Crippen LogP contribution in [0.1, 0.15) is 50.5 Å². The highest BCUT2D eigenvalue weighted by Gasteiger charge is 2.15. The van der Waals surface area contributed by atoms with Crippen LogP contribution in [0.25, 0.3) is 0 Å². The molecule has 1 atom stereocenters. The SMILES string of the molecule is CN=C(NCCC(C)c1ccccc1)NC1CCCC1. The molecule has 1 saturated carbocycles. The van der Waals surface area contributed by atoms with E-state index in [-0.39, 0.29) is 0 Å². The second kappa shape index (κ2) is 7.93. The molecule has 1 unspecified atom stereocenters. The Kier molecular flexibility index (Phi) is 5.90. The number of nitrogens with one attached hydrogen (secondary N) is 2. The maximum Gasteiger partial charge on any atom is 0.191 e. The molecular weight excluding hydrogens is 246 g/mol. The topological polar surface area (TPSA) is 36.4 Å². The maximum atomic E-state index is 4.32. The summed E-state index contributed by atoms with van der Waals surface area (Å²) < 4.78 is 0. The van der Waals surface area contributed by atoms with Crippen molar-refractivity contribution in [3.63, 3.8) is 0 Å². The molecule has 3 nitrogen and oxygen atoms in total. The van der Waals surface area contributed by atoms with Gasteiger partial charge in [0.05, 0.1) is 0 Å². The van der Waals surface area contributed by atoms with Crippen molar-refractivity contribution in [3.8, 4) is 0 Å². The Morgan fingerprint density at radius 3 is 2.60 bits per heavy atom. The molecule has 1 aliphatic carbocycles. The van der Waals surface area contributed by atoms with Gasteiger partial charge in [0.15, 0.2) is 5.96 Å². The molecule has 0 radical (unpaired) electrons. The third-order valence-corrected chi connectivity index (χ3v) is 4.16. The zero-order valence-corrected chi connectivity index (χ0v) is 12.7. The van der Waals surface area contributed by atoms with Crippen LogP contribution in [0.15, 0.2) is 35.3 Å². The summed E-state index contributed by atoms with van der Waals surface area (Å²) in [7, 11) is 1.85.